The molecule has 0 aromatic heterocycles. The van der Waals surface area contributed by atoms with Crippen molar-refractivity contribution >= 4 is 6.03 Å². The number of urea groups is 1. The van der Waals surface area contributed by atoms with E-state index in [0.717, 1.165) is 25.2 Å². The number of primary amides is 1. The molecule has 0 bridgehead atoms. The number of rotatable bonds is 9. The van der Waals surface area contributed by atoms with Gasteiger partial charge < -0.3 is 30.1 Å². The fourth-order valence-corrected chi connectivity index (χ4v) is 3.10. The number of likely N-dealkylation sites (N-methyl/N-ethyl adjacent to an activating group) is 1. The van der Waals surface area contributed by atoms with Crippen molar-refractivity contribution in [2.24, 2.45) is 5.73 Å². The van der Waals surface area contributed by atoms with E-state index in [1.807, 2.05) is 25.2 Å². The maximum atomic E-state index is 11.2. The molecule has 0 aliphatic carbocycles. The molecule has 1 aromatic carbocycles. The van der Waals surface area contributed by atoms with E-state index in [4.69, 9.17) is 15.2 Å². The zero-order valence-corrected chi connectivity index (χ0v) is 17.4. The molecule has 0 saturated carbocycles. The molecule has 2 rings (SSSR count). The number of piperazine rings is 1. The van der Waals surface area contributed by atoms with Crippen LogP contribution in [-0.2, 0) is 6.54 Å². The average Bonchev–Trinajstić information content (AvgIpc) is 2.66. The van der Waals surface area contributed by atoms with Crippen molar-refractivity contribution in [2.75, 3.05) is 53.5 Å². The number of carbonyl (C=O) groups is 1. The molecule has 1 aliphatic rings. The molecule has 3 N–H and O–H groups in total. The first-order valence-corrected chi connectivity index (χ1v) is 9.75. The van der Waals surface area contributed by atoms with E-state index in [1.165, 1.54) is 0 Å². The molecule has 8 nitrogen and oxygen atoms in total. The van der Waals surface area contributed by atoms with Gasteiger partial charge in [0.15, 0.2) is 11.5 Å². The molecule has 0 radical (unpaired) electrons. The highest BCUT2D eigenvalue weighted by Crippen LogP contribution is 2.29. The van der Waals surface area contributed by atoms with Crippen molar-refractivity contribution in [3.05, 3.63) is 23.8 Å². The van der Waals surface area contributed by atoms with Gasteiger partial charge in [0.05, 0.1) is 7.11 Å². The number of hydrogen-bond donors (Lipinski definition) is 2. The Morgan fingerprint density at radius 3 is 2.50 bits per heavy atom. The van der Waals surface area contributed by atoms with Crippen LogP contribution in [0, 0.1) is 0 Å². The average molecular weight is 395 g/mol. The van der Waals surface area contributed by atoms with Gasteiger partial charge in [0.25, 0.3) is 0 Å². The van der Waals surface area contributed by atoms with E-state index in [0.29, 0.717) is 37.2 Å². The molecule has 2 amide bonds. The van der Waals surface area contributed by atoms with Crippen molar-refractivity contribution in [3.8, 4) is 11.5 Å². The van der Waals surface area contributed by atoms with E-state index >= 15 is 0 Å². The van der Waals surface area contributed by atoms with E-state index in [9.17, 15) is 9.90 Å². The fraction of sp³-hybridized carbons (Fsp3) is 0.650. The molecule has 0 unspecified atom stereocenters. The molecule has 1 saturated heterocycles. The highest BCUT2D eigenvalue weighted by Gasteiger charge is 2.20. The molecule has 158 valence electrons. The number of hydrogen-bond acceptors (Lipinski definition) is 6. The summed E-state index contributed by atoms with van der Waals surface area (Å²) in [4.78, 5) is 17.3. The van der Waals surface area contributed by atoms with E-state index in [1.54, 1.807) is 12.0 Å². The third kappa shape index (κ3) is 6.54. The second kappa shape index (κ2) is 10.5. The van der Waals surface area contributed by atoms with Crippen molar-refractivity contribution < 1.29 is 19.4 Å². The highest BCUT2D eigenvalue weighted by molar-refractivity contribution is 5.72. The Balaban J connectivity index is 1.93. The molecular weight excluding hydrogens is 360 g/mol. The minimum Gasteiger partial charge on any atom is -0.493 e. The molecule has 8 heteroatoms. The van der Waals surface area contributed by atoms with Crippen LogP contribution in [0.5, 0.6) is 11.5 Å². The standard InChI is InChI=1S/C20H34N4O4/c1-15(2)22(3)13-17(25)14-28-19-11-16(5-6-18(19)27-4)12-23-7-9-24(10-8-23)20(21)26/h5-6,11,15,17,25H,7-10,12-14H2,1-4H3,(H2,21,26)/t17-/m1/s1. The van der Waals surface area contributed by atoms with Crippen LogP contribution in [0.15, 0.2) is 18.2 Å². The lowest BCUT2D eigenvalue weighted by Gasteiger charge is -2.33. The van der Waals surface area contributed by atoms with Crippen LogP contribution in [0.2, 0.25) is 0 Å². The largest absolute Gasteiger partial charge is 0.493 e. The van der Waals surface area contributed by atoms with Crippen molar-refractivity contribution in [2.45, 2.75) is 32.5 Å². The fourth-order valence-electron chi connectivity index (χ4n) is 3.10. The summed E-state index contributed by atoms with van der Waals surface area (Å²) in [6.07, 6.45) is -0.581. The van der Waals surface area contributed by atoms with E-state index < -0.39 is 6.10 Å². The first kappa shape index (κ1) is 22.3. The lowest BCUT2D eigenvalue weighted by atomic mass is 10.1. The van der Waals surface area contributed by atoms with Crippen molar-refractivity contribution in [1.82, 2.24) is 14.7 Å². The predicted octanol–water partition coefficient (Wildman–Crippen LogP) is 0.971. The number of carbonyl (C=O) groups excluding carboxylic acids is 1. The van der Waals surface area contributed by atoms with Gasteiger partial charge in [0.1, 0.15) is 12.7 Å². The third-order valence-corrected chi connectivity index (χ3v) is 5.13. The van der Waals surface area contributed by atoms with Gasteiger partial charge in [-0.3, -0.25) is 4.90 Å². The Morgan fingerprint density at radius 2 is 1.93 bits per heavy atom. The number of benzene rings is 1. The summed E-state index contributed by atoms with van der Waals surface area (Å²) in [6, 6.07) is 5.86. The van der Waals surface area contributed by atoms with Crippen LogP contribution in [0.1, 0.15) is 19.4 Å². The van der Waals surface area contributed by atoms with Gasteiger partial charge in [-0.05, 0) is 38.6 Å². The van der Waals surface area contributed by atoms with Gasteiger partial charge in [0.2, 0.25) is 0 Å². The lowest BCUT2D eigenvalue weighted by Crippen LogP contribution is -2.50. The number of nitrogens with zero attached hydrogens (tertiary/aromatic N) is 3. The Kier molecular flexibility index (Phi) is 8.35. The van der Waals surface area contributed by atoms with Gasteiger partial charge in [-0.2, -0.15) is 0 Å². The predicted molar refractivity (Wildman–Crippen MR) is 109 cm³/mol. The zero-order chi connectivity index (χ0) is 20.7. The smallest absolute Gasteiger partial charge is 0.314 e. The molecule has 1 aliphatic heterocycles. The quantitative estimate of drug-likeness (QED) is 0.649. The Morgan fingerprint density at radius 1 is 1.25 bits per heavy atom. The summed E-state index contributed by atoms with van der Waals surface area (Å²) in [5, 5.41) is 10.2. The van der Waals surface area contributed by atoms with Gasteiger partial charge in [-0.15, -0.1) is 0 Å². The maximum absolute atomic E-state index is 11.2. The van der Waals surface area contributed by atoms with Gasteiger partial charge in [-0.25, -0.2) is 4.79 Å². The number of nitrogens with two attached hydrogens (primary N) is 1. The molecular formula is C20H34N4O4. The van der Waals surface area contributed by atoms with Crippen molar-refractivity contribution in [3.63, 3.8) is 0 Å². The van der Waals surface area contributed by atoms with Crippen molar-refractivity contribution in [1.29, 1.82) is 0 Å². The molecule has 1 heterocycles. The van der Waals surface area contributed by atoms with Gasteiger partial charge in [-0.1, -0.05) is 6.07 Å². The topological polar surface area (TPSA) is 91.5 Å². The van der Waals surface area contributed by atoms with Gasteiger partial charge in [0, 0.05) is 45.3 Å². The summed E-state index contributed by atoms with van der Waals surface area (Å²) in [7, 11) is 3.58. The zero-order valence-electron chi connectivity index (χ0n) is 17.4. The monoisotopic (exact) mass is 394 g/mol. The Bertz CT molecular complexity index is 633. The second-order valence-electron chi connectivity index (χ2n) is 7.58. The minimum absolute atomic E-state index is 0.203. The SMILES string of the molecule is COc1ccc(CN2CCN(C(N)=O)CC2)cc1OC[C@H](O)CN(C)C(C)C. The first-order valence-electron chi connectivity index (χ1n) is 9.75. The highest BCUT2D eigenvalue weighted by atomic mass is 16.5. The van der Waals surface area contributed by atoms with Crippen LogP contribution < -0.4 is 15.2 Å². The maximum Gasteiger partial charge on any atom is 0.314 e. The second-order valence-corrected chi connectivity index (χ2v) is 7.58. The van der Waals surface area contributed by atoms with Crippen LogP contribution in [0.3, 0.4) is 0 Å². The molecule has 28 heavy (non-hydrogen) atoms. The molecule has 1 fully saturated rings. The summed E-state index contributed by atoms with van der Waals surface area (Å²) >= 11 is 0. The summed E-state index contributed by atoms with van der Waals surface area (Å²) in [5.41, 5.74) is 6.43. The number of aliphatic hydroxyl groups is 1. The van der Waals surface area contributed by atoms with Crippen LogP contribution >= 0.6 is 0 Å². The normalized spacial score (nSPS) is 16.5. The number of ether oxygens (including phenoxy) is 2. The first-order chi connectivity index (χ1) is 13.3. The molecule has 1 atom stereocenters. The summed E-state index contributed by atoms with van der Waals surface area (Å²) < 4.78 is 11.3. The molecule has 0 spiro atoms. The Hall–Kier alpha value is -2.03. The van der Waals surface area contributed by atoms with Crippen LogP contribution in [-0.4, -0.2) is 91.5 Å². The lowest BCUT2D eigenvalue weighted by molar-refractivity contribution is 0.0667. The third-order valence-electron chi connectivity index (χ3n) is 5.13. The summed E-state index contributed by atoms with van der Waals surface area (Å²) in [5.74, 6) is 1.27. The minimum atomic E-state index is -0.581. The van der Waals surface area contributed by atoms with Gasteiger partial charge >= 0.3 is 6.03 Å². The van der Waals surface area contributed by atoms with Crippen LogP contribution in [0.4, 0.5) is 4.79 Å². The number of methoxy groups -OCH3 is 1. The van der Waals surface area contributed by atoms with Crippen LogP contribution in [0.25, 0.3) is 0 Å². The number of aliphatic hydroxyl groups excluding tert-OH is 1. The van der Waals surface area contributed by atoms with E-state index in [2.05, 4.69) is 23.6 Å². The molecule has 1 aromatic rings. The Labute approximate surface area is 167 Å². The number of amides is 2. The van der Waals surface area contributed by atoms with E-state index in [-0.39, 0.29) is 12.6 Å². The summed E-state index contributed by atoms with van der Waals surface area (Å²) in [6.45, 7) is 8.53.